The van der Waals surface area contributed by atoms with Crippen molar-refractivity contribution in [3.8, 4) is 0 Å². The van der Waals surface area contributed by atoms with Crippen molar-refractivity contribution in [1.82, 2.24) is 9.55 Å². The van der Waals surface area contributed by atoms with Crippen LogP contribution in [0.15, 0.2) is 40.5 Å². The number of hydrogen-bond acceptors (Lipinski definition) is 2. The van der Waals surface area contributed by atoms with Crippen molar-refractivity contribution >= 4 is 0 Å². The first kappa shape index (κ1) is 13.4. The predicted molar refractivity (Wildman–Crippen MR) is 71.0 cm³/mol. The zero-order valence-electron chi connectivity index (χ0n) is 11.0. The van der Waals surface area contributed by atoms with Crippen molar-refractivity contribution in [2.24, 2.45) is 0 Å². The third-order valence-electron chi connectivity index (χ3n) is 2.79. The second-order valence-electron chi connectivity index (χ2n) is 4.10. The Bertz CT molecular complexity index is 495. The largest absolute Gasteiger partial charge is 0.308 e. The third-order valence-corrected chi connectivity index (χ3v) is 2.79. The van der Waals surface area contributed by atoms with Crippen LogP contribution < -0.4 is 5.56 Å². The maximum atomic E-state index is 11.8. The molecule has 0 fully saturated rings. The highest BCUT2D eigenvalue weighted by molar-refractivity contribution is 5.24. The molecule has 17 heavy (non-hydrogen) atoms. The summed E-state index contributed by atoms with van der Waals surface area (Å²) < 4.78 is 1.71. The summed E-state index contributed by atoms with van der Waals surface area (Å²) in [6, 6.07) is 0. The monoisotopic (exact) mass is 232 g/mol. The maximum Gasteiger partial charge on any atom is 0.272 e. The van der Waals surface area contributed by atoms with Crippen molar-refractivity contribution in [1.29, 1.82) is 0 Å². The molecule has 3 nitrogen and oxygen atoms in total. The fourth-order valence-electron chi connectivity index (χ4n) is 1.80. The van der Waals surface area contributed by atoms with E-state index in [1.54, 1.807) is 23.9 Å². The highest BCUT2D eigenvalue weighted by Crippen LogP contribution is 2.11. The zero-order chi connectivity index (χ0) is 12.8. The molecule has 1 aromatic rings. The lowest BCUT2D eigenvalue weighted by molar-refractivity contribution is 0.719. The molecule has 0 radical (unpaired) electrons. The van der Waals surface area contributed by atoms with E-state index in [1.165, 1.54) is 11.1 Å². The van der Waals surface area contributed by atoms with Crippen LogP contribution in [0.4, 0.5) is 0 Å². The van der Waals surface area contributed by atoms with Crippen LogP contribution >= 0.6 is 0 Å². The summed E-state index contributed by atoms with van der Waals surface area (Å²) in [5.74, 6) is 0. The Morgan fingerprint density at radius 1 is 1.53 bits per heavy atom. The number of aromatic nitrogens is 2. The Morgan fingerprint density at radius 2 is 2.24 bits per heavy atom. The van der Waals surface area contributed by atoms with E-state index in [9.17, 15) is 4.79 Å². The summed E-state index contributed by atoms with van der Waals surface area (Å²) in [7, 11) is 0. The average molecular weight is 232 g/mol. The molecule has 0 aromatic carbocycles. The molecular formula is C14H20N2O. The van der Waals surface area contributed by atoms with E-state index in [-0.39, 0.29) is 5.56 Å². The molecule has 0 aliphatic rings. The van der Waals surface area contributed by atoms with Gasteiger partial charge in [-0.15, -0.1) is 0 Å². The third kappa shape index (κ3) is 3.41. The van der Waals surface area contributed by atoms with Crippen molar-refractivity contribution in [2.75, 3.05) is 0 Å². The van der Waals surface area contributed by atoms with Crippen LogP contribution in [-0.2, 0) is 6.54 Å². The van der Waals surface area contributed by atoms with Crippen molar-refractivity contribution in [3.63, 3.8) is 0 Å². The molecular weight excluding hydrogens is 212 g/mol. The van der Waals surface area contributed by atoms with Crippen LogP contribution in [0.2, 0.25) is 0 Å². The zero-order valence-corrected chi connectivity index (χ0v) is 11.0. The normalized spacial score (nSPS) is 12.9. The highest BCUT2D eigenvalue weighted by Gasteiger charge is 2.02. The smallest absolute Gasteiger partial charge is 0.272 e. The molecule has 1 rings (SSSR count). The van der Waals surface area contributed by atoms with Gasteiger partial charge >= 0.3 is 0 Å². The summed E-state index contributed by atoms with van der Waals surface area (Å²) in [6.45, 7) is 8.58. The first-order chi connectivity index (χ1) is 8.10. The minimum Gasteiger partial charge on any atom is -0.308 e. The van der Waals surface area contributed by atoms with Gasteiger partial charge in [0.05, 0.1) is 0 Å². The lowest BCUT2D eigenvalue weighted by Crippen LogP contribution is -2.23. The summed E-state index contributed by atoms with van der Waals surface area (Å²) in [4.78, 5) is 15.8. The second-order valence-corrected chi connectivity index (χ2v) is 4.10. The van der Waals surface area contributed by atoms with Gasteiger partial charge in [0.1, 0.15) is 5.69 Å². The highest BCUT2D eigenvalue weighted by atomic mass is 16.1. The van der Waals surface area contributed by atoms with Gasteiger partial charge in [0.25, 0.3) is 5.56 Å². The van der Waals surface area contributed by atoms with Gasteiger partial charge in [-0.25, -0.2) is 0 Å². The van der Waals surface area contributed by atoms with E-state index in [2.05, 4.69) is 24.9 Å². The van der Waals surface area contributed by atoms with Gasteiger partial charge in [-0.1, -0.05) is 24.6 Å². The van der Waals surface area contributed by atoms with Crippen molar-refractivity contribution < 1.29 is 0 Å². The molecule has 0 saturated carbocycles. The van der Waals surface area contributed by atoms with E-state index in [0.29, 0.717) is 12.2 Å². The van der Waals surface area contributed by atoms with E-state index in [0.717, 1.165) is 6.42 Å². The standard InChI is InChI=1S/C14H20N2O/c1-5-7-13(6-2)11(3)10-16-9-8-15-12(4)14(16)17/h5,7-9H,6,10H2,1-4H3/b7-5-,13-11-. The minimum absolute atomic E-state index is 0.0113. The van der Waals surface area contributed by atoms with Gasteiger partial charge < -0.3 is 4.57 Å². The molecule has 0 aliphatic heterocycles. The Hall–Kier alpha value is -1.64. The lowest BCUT2D eigenvalue weighted by Gasteiger charge is -2.09. The summed E-state index contributed by atoms with van der Waals surface area (Å²) >= 11 is 0. The number of allylic oxidation sites excluding steroid dienone is 4. The molecule has 0 amide bonds. The fraction of sp³-hybridized carbons (Fsp3) is 0.429. The van der Waals surface area contributed by atoms with Gasteiger partial charge in [-0.3, -0.25) is 9.78 Å². The van der Waals surface area contributed by atoms with Gasteiger partial charge in [-0.05, 0) is 32.8 Å². The molecule has 0 spiro atoms. The summed E-state index contributed by atoms with van der Waals surface area (Å²) in [5.41, 5.74) is 3.04. The Morgan fingerprint density at radius 3 is 2.82 bits per heavy atom. The van der Waals surface area contributed by atoms with Gasteiger partial charge in [-0.2, -0.15) is 0 Å². The molecule has 1 aromatic heterocycles. The van der Waals surface area contributed by atoms with Crippen LogP contribution in [0.5, 0.6) is 0 Å². The van der Waals surface area contributed by atoms with Gasteiger partial charge in [0, 0.05) is 18.9 Å². The molecule has 0 aliphatic carbocycles. The number of aryl methyl sites for hydroxylation is 1. The number of nitrogens with zero attached hydrogens (tertiary/aromatic N) is 2. The molecule has 1 heterocycles. The topological polar surface area (TPSA) is 34.9 Å². The van der Waals surface area contributed by atoms with Crippen LogP contribution in [0.1, 0.15) is 32.9 Å². The quantitative estimate of drug-likeness (QED) is 0.748. The SMILES string of the molecule is C/C=C\C(CC)=C(\C)Cn1ccnc(C)c1=O. The fourth-order valence-corrected chi connectivity index (χ4v) is 1.80. The molecule has 0 unspecified atom stereocenters. The van der Waals surface area contributed by atoms with E-state index < -0.39 is 0 Å². The predicted octanol–water partition coefficient (Wildman–Crippen LogP) is 2.85. The molecule has 0 bridgehead atoms. The molecule has 0 N–H and O–H groups in total. The van der Waals surface area contributed by atoms with Crippen LogP contribution in [0.3, 0.4) is 0 Å². The Balaban J connectivity index is 3.06. The second kappa shape index (κ2) is 6.18. The minimum atomic E-state index is -0.0113. The first-order valence-electron chi connectivity index (χ1n) is 5.93. The summed E-state index contributed by atoms with van der Waals surface area (Å²) in [6.07, 6.45) is 8.53. The average Bonchev–Trinajstić information content (AvgIpc) is 2.31. The molecule has 92 valence electrons. The first-order valence-corrected chi connectivity index (χ1v) is 5.93. The van der Waals surface area contributed by atoms with Crippen molar-refractivity contribution in [2.45, 2.75) is 40.7 Å². The van der Waals surface area contributed by atoms with Gasteiger partial charge in [0.2, 0.25) is 0 Å². The Kier molecular flexibility index (Phi) is 4.88. The van der Waals surface area contributed by atoms with Crippen LogP contribution in [-0.4, -0.2) is 9.55 Å². The number of rotatable bonds is 4. The van der Waals surface area contributed by atoms with Crippen molar-refractivity contribution in [3.05, 3.63) is 51.7 Å². The summed E-state index contributed by atoms with van der Waals surface area (Å²) in [5, 5.41) is 0. The lowest BCUT2D eigenvalue weighted by atomic mass is 10.1. The maximum absolute atomic E-state index is 11.8. The number of hydrogen-bond donors (Lipinski definition) is 0. The molecule has 3 heteroatoms. The van der Waals surface area contributed by atoms with Crippen LogP contribution in [0, 0.1) is 6.92 Å². The van der Waals surface area contributed by atoms with E-state index in [4.69, 9.17) is 0 Å². The van der Waals surface area contributed by atoms with Gasteiger partial charge in [0.15, 0.2) is 0 Å². The molecule has 0 saturated heterocycles. The molecule has 0 atom stereocenters. The van der Waals surface area contributed by atoms with Crippen LogP contribution in [0.25, 0.3) is 0 Å². The Labute approximate surface area is 103 Å². The van der Waals surface area contributed by atoms with E-state index >= 15 is 0 Å². The van der Waals surface area contributed by atoms with E-state index in [1.807, 2.05) is 13.0 Å².